The smallest absolute Gasteiger partial charge is 0.0950 e. The van der Waals surface area contributed by atoms with Crippen LogP contribution in [-0.4, -0.2) is 25.9 Å². The lowest BCUT2D eigenvalue weighted by Crippen LogP contribution is -2.13. The quantitative estimate of drug-likeness (QED) is 0.752. The molecule has 0 radical (unpaired) electrons. The number of rotatable bonds is 7. The van der Waals surface area contributed by atoms with E-state index >= 15 is 0 Å². The van der Waals surface area contributed by atoms with E-state index < -0.39 is 0 Å². The molecule has 2 aromatic heterocycles. The SMILES string of the molecule is CCCNCc1cn(CCc2cnn(C)c2)cn1. The summed E-state index contributed by atoms with van der Waals surface area (Å²) >= 11 is 0. The molecule has 0 aliphatic rings. The Labute approximate surface area is 108 Å². The molecule has 98 valence electrons. The molecular weight excluding hydrogens is 226 g/mol. The number of aromatic nitrogens is 4. The van der Waals surface area contributed by atoms with Gasteiger partial charge in [-0.25, -0.2) is 4.98 Å². The average molecular weight is 247 g/mol. The second-order valence-electron chi connectivity index (χ2n) is 4.55. The second kappa shape index (κ2) is 6.35. The van der Waals surface area contributed by atoms with Gasteiger partial charge in [-0.2, -0.15) is 5.10 Å². The summed E-state index contributed by atoms with van der Waals surface area (Å²) in [7, 11) is 1.94. The number of aryl methyl sites for hydroxylation is 3. The lowest BCUT2D eigenvalue weighted by Gasteiger charge is -2.00. The van der Waals surface area contributed by atoms with Crippen molar-refractivity contribution >= 4 is 0 Å². The van der Waals surface area contributed by atoms with Gasteiger partial charge < -0.3 is 9.88 Å². The Morgan fingerprint density at radius 2 is 2.22 bits per heavy atom. The number of imidazole rings is 1. The van der Waals surface area contributed by atoms with Gasteiger partial charge in [0.1, 0.15) is 0 Å². The van der Waals surface area contributed by atoms with Crippen LogP contribution in [0.15, 0.2) is 24.9 Å². The molecule has 0 bridgehead atoms. The molecule has 0 saturated carbocycles. The van der Waals surface area contributed by atoms with Gasteiger partial charge in [0.05, 0.1) is 18.2 Å². The molecule has 0 aliphatic heterocycles. The first kappa shape index (κ1) is 12.8. The lowest BCUT2D eigenvalue weighted by atomic mass is 10.2. The third-order valence-corrected chi connectivity index (χ3v) is 2.84. The first-order valence-corrected chi connectivity index (χ1v) is 6.47. The molecule has 0 aromatic carbocycles. The third kappa shape index (κ3) is 3.70. The Bertz CT molecular complexity index is 471. The Balaban J connectivity index is 1.79. The maximum atomic E-state index is 4.39. The highest BCUT2D eigenvalue weighted by Crippen LogP contribution is 2.02. The van der Waals surface area contributed by atoms with Crippen molar-refractivity contribution in [2.45, 2.75) is 32.9 Å². The molecule has 0 fully saturated rings. The van der Waals surface area contributed by atoms with Crippen LogP contribution in [0.4, 0.5) is 0 Å². The Hall–Kier alpha value is -1.62. The van der Waals surface area contributed by atoms with Gasteiger partial charge in [-0.15, -0.1) is 0 Å². The zero-order chi connectivity index (χ0) is 12.8. The summed E-state index contributed by atoms with van der Waals surface area (Å²) in [6.07, 6.45) is 10.1. The number of nitrogens with one attached hydrogen (secondary N) is 1. The summed E-state index contributed by atoms with van der Waals surface area (Å²) in [6.45, 7) is 5.02. The largest absolute Gasteiger partial charge is 0.337 e. The summed E-state index contributed by atoms with van der Waals surface area (Å²) in [5.74, 6) is 0. The third-order valence-electron chi connectivity index (χ3n) is 2.84. The van der Waals surface area contributed by atoms with E-state index in [1.807, 2.05) is 24.3 Å². The highest BCUT2D eigenvalue weighted by molar-refractivity contribution is 5.04. The molecular formula is C13H21N5. The Morgan fingerprint density at radius 3 is 2.94 bits per heavy atom. The minimum atomic E-state index is 0.855. The van der Waals surface area contributed by atoms with Crippen LogP contribution < -0.4 is 5.32 Å². The summed E-state index contributed by atoms with van der Waals surface area (Å²) < 4.78 is 3.97. The van der Waals surface area contributed by atoms with Crippen molar-refractivity contribution in [2.75, 3.05) is 6.54 Å². The van der Waals surface area contributed by atoms with Crippen LogP contribution in [0.5, 0.6) is 0 Å². The van der Waals surface area contributed by atoms with E-state index in [-0.39, 0.29) is 0 Å². The molecule has 0 unspecified atom stereocenters. The number of hydrogen-bond donors (Lipinski definition) is 1. The van der Waals surface area contributed by atoms with Crippen molar-refractivity contribution in [3.63, 3.8) is 0 Å². The normalized spacial score (nSPS) is 11.0. The van der Waals surface area contributed by atoms with Gasteiger partial charge >= 0.3 is 0 Å². The topological polar surface area (TPSA) is 47.7 Å². The van der Waals surface area contributed by atoms with E-state index in [1.54, 1.807) is 0 Å². The predicted octanol–water partition coefficient (Wildman–Crippen LogP) is 1.36. The van der Waals surface area contributed by atoms with Gasteiger partial charge in [0.2, 0.25) is 0 Å². The van der Waals surface area contributed by atoms with E-state index in [9.17, 15) is 0 Å². The molecule has 2 rings (SSSR count). The van der Waals surface area contributed by atoms with Crippen molar-refractivity contribution in [3.05, 3.63) is 36.2 Å². The zero-order valence-corrected chi connectivity index (χ0v) is 11.1. The highest BCUT2D eigenvalue weighted by atomic mass is 15.2. The summed E-state index contributed by atoms with van der Waals surface area (Å²) in [6, 6.07) is 0. The zero-order valence-electron chi connectivity index (χ0n) is 11.1. The van der Waals surface area contributed by atoms with E-state index in [2.05, 4.69) is 39.3 Å². The van der Waals surface area contributed by atoms with Crippen molar-refractivity contribution in [3.8, 4) is 0 Å². The molecule has 0 spiro atoms. The van der Waals surface area contributed by atoms with Gasteiger partial charge in [-0.05, 0) is 24.9 Å². The molecule has 5 heteroatoms. The summed E-state index contributed by atoms with van der Waals surface area (Å²) in [4.78, 5) is 4.39. The maximum absolute atomic E-state index is 4.39. The Morgan fingerprint density at radius 1 is 1.33 bits per heavy atom. The van der Waals surface area contributed by atoms with Crippen LogP contribution in [0.25, 0.3) is 0 Å². The first-order chi connectivity index (χ1) is 8.78. The molecule has 5 nitrogen and oxygen atoms in total. The molecule has 0 aliphatic carbocycles. The standard InChI is InChI=1S/C13H21N5/c1-3-5-14-8-13-10-18(11-15-13)6-4-12-7-16-17(2)9-12/h7,9-11,14H,3-6,8H2,1-2H3. The van der Waals surface area contributed by atoms with E-state index in [4.69, 9.17) is 0 Å². The van der Waals surface area contributed by atoms with Gasteiger partial charge in [-0.3, -0.25) is 4.68 Å². The number of hydrogen-bond acceptors (Lipinski definition) is 3. The van der Waals surface area contributed by atoms with Crippen LogP contribution in [-0.2, 0) is 26.6 Å². The highest BCUT2D eigenvalue weighted by Gasteiger charge is 2.00. The fraction of sp³-hybridized carbons (Fsp3) is 0.538. The van der Waals surface area contributed by atoms with Crippen LogP contribution in [0, 0.1) is 0 Å². The van der Waals surface area contributed by atoms with Crippen molar-refractivity contribution in [1.82, 2.24) is 24.6 Å². The first-order valence-electron chi connectivity index (χ1n) is 6.47. The van der Waals surface area contributed by atoms with Gasteiger partial charge in [0.15, 0.2) is 0 Å². The fourth-order valence-electron chi connectivity index (χ4n) is 1.87. The average Bonchev–Trinajstić information content (AvgIpc) is 2.96. The molecule has 2 aromatic rings. The Kier molecular flexibility index (Phi) is 4.52. The molecule has 0 amide bonds. The molecule has 1 N–H and O–H groups in total. The van der Waals surface area contributed by atoms with Gasteiger partial charge in [0.25, 0.3) is 0 Å². The minimum Gasteiger partial charge on any atom is -0.337 e. The van der Waals surface area contributed by atoms with Crippen molar-refractivity contribution < 1.29 is 0 Å². The van der Waals surface area contributed by atoms with Crippen molar-refractivity contribution in [2.24, 2.45) is 7.05 Å². The van der Waals surface area contributed by atoms with Crippen molar-refractivity contribution in [1.29, 1.82) is 0 Å². The number of nitrogens with zero attached hydrogens (tertiary/aromatic N) is 4. The fourth-order valence-corrected chi connectivity index (χ4v) is 1.87. The summed E-state index contributed by atoms with van der Waals surface area (Å²) in [5, 5.41) is 7.52. The van der Waals surface area contributed by atoms with Crippen LogP contribution in [0.3, 0.4) is 0 Å². The molecule has 18 heavy (non-hydrogen) atoms. The predicted molar refractivity (Wildman–Crippen MR) is 71.1 cm³/mol. The van der Waals surface area contributed by atoms with Crippen LogP contribution >= 0.6 is 0 Å². The van der Waals surface area contributed by atoms with Crippen LogP contribution in [0.1, 0.15) is 24.6 Å². The second-order valence-corrected chi connectivity index (χ2v) is 4.55. The monoisotopic (exact) mass is 247 g/mol. The molecule has 0 atom stereocenters. The van der Waals surface area contributed by atoms with Gasteiger partial charge in [-0.1, -0.05) is 6.92 Å². The minimum absolute atomic E-state index is 0.855. The summed E-state index contributed by atoms with van der Waals surface area (Å²) in [5.41, 5.74) is 2.37. The van der Waals surface area contributed by atoms with E-state index in [1.165, 1.54) is 5.56 Å². The lowest BCUT2D eigenvalue weighted by molar-refractivity contribution is 0.662. The van der Waals surface area contributed by atoms with E-state index in [0.717, 1.165) is 38.2 Å². The maximum Gasteiger partial charge on any atom is 0.0950 e. The van der Waals surface area contributed by atoms with E-state index in [0.29, 0.717) is 0 Å². The molecule has 0 saturated heterocycles. The molecule has 2 heterocycles. The van der Waals surface area contributed by atoms with Crippen LogP contribution in [0.2, 0.25) is 0 Å². The van der Waals surface area contributed by atoms with Gasteiger partial charge in [0, 0.05) is 32.5 Å².